The Morgan fingerprint density at radius 3 is 2.37 bits per heavy atom. The number of aromatic nitrogens is 1. The number of benzene rings is 1. The van der Waals surface area contributed by atoms with Gasteiger partial charge in [-0.2, -0.15) is 13.2 Å². The molecule has 2 N–H and O–H groups in total. The minimum absolute atomic E-state index is 0.208. The number of sulfone groups is 1. The zero-order valence-electron chi connectivity index (χ0n) is 16.4. The molecule has 2 rings (SSSR count). The van der Waals surface area contributed by atoms with Crippen LogP contribution in [0.25, 0.3) is 0 Å². The van der Waals surface area contributed by atoms with Crippen LogP contribution in [0.1, 0.15) is 40.1 Å². The minimum atomic E-state index is -5.81. The summed E-state index contributed by atoms with van der Waals surface area (Å²) in [5.74, 6) is -1.13. The van der Waals surface area contributed by atoms with Crippen LogP contribution in [0.4, 0.5) is 18.9 Å². The van der Waals surface area contributed by atoms with Gasteiger partial charge in [0.05, 0.1) is 5.56 Å². The molecule has 1 heterocycles. The molecule has 0 saturated heterocycles. The standard InChI is InChI=1S/C19H20F3N3O4S/c1-11(2)10-24-16(26)13-6-7-15(12(3)9-13)25-17(27)14-5-4-8-23-18(14)30(28,29)19(20,21)22/h4-9,11H,10H2,1-3H3,(H,24,26)(H,25,27). The SMILES string of the molecule is Cc1cc(C(=O)NCC(C)C)ccc1NC(=O)c1cccnc1S(=O)(=O)C(F)(F)F. The maximum absolute atomic E-state index is 12.9. The number of anilines is 1. The van der Waals surface area contributed by atoms with E-state index in [1.165, 1.54) is 18.2 Å². The maximum atomic E-state index is 12.9. The summed E-state index contributed by atoms with van der Waals surface area (Å²) in [7, 11) is -5.81. The molecule has 0 aliphatic carbocycles. The molecule has 0 spiro atoms. The molecule has 0 bridgehead atoms. The van der Waals surface area contributed by atoms with Gasteiger partial charge < -0.3 is 10.6 Å². The van der Waals surface area contributed by atoms with E-state index in [1.807, 2.05) is 13.8 Å². The van der Waals surface area contributed by atoms with Gasteiger partial charge in [-0.15, -0.1) is 0 Å². The lowest BCUT2D eigenvalue weighted by Gasteiger charge is -2.14. The summed E-state index contributed by atoms with van der Waals surface area (Å²) in [5.41, 5.74) is -5.33. The van der Waals surface area contributed by atoms with Gasteiger partial charge in [-0.3, -0.25) is 9.59 Å². The zero-order chi connectivity index (χ0) is 22.7. The molecule has 0 fully saturated rings. The van der Waals surface area contributed by atoms with Crippen LogP contribution in [-0.2, 0) is 9.84 Å². The van der Waals surface area contributed by atoms with Crippen LogP contribution in [0.15, 0.2) is 41.6 Å². The summed E-state index contributed by atoms with van der Waals surface area (Å²) in [6.45, 7) is 5.95. The topological polar surface area (TPSA) is 105 Å². The number of nitrogens with zero attached hydrogens (tertiary/aromatic N) is 1. The predicted molar refractivity (Wildman–Crippen MR) is 104 cm³/mol. The van der Waals surface area contributed by atoms with Crippen molar-refractivity contribution < 1.29 is 31.2 Å². The Morgan fingerprint density at radius 2 is 1.80 bits per heavy atom. The first-order valence-corrected chi connectivity index (χ1v) is 10.3. The van der Waals surface area contributed by atoms with Crippen LogP contribution in [0, 0.1) is 12.8 Å². The largest absolute Gasteiger partial charge is 0.503 e. The summed E-state index contributed by atoms with van der Waals surface area (Å²) >= 11 is 0. The number of alkyl halides is 3. The van der Waals surface area contributed by atoms with E-state index in [0.29, 0.717) is 17.7 Å². The fourth-order valence-corrected chi connectivity index (χ4v) is 3.29. The van der Waals surface area contributed by atoms with Crippen LogP contribution >= 0.6 is 0 Å². The van der Waals surface area contributed by atoms with E-state index in [2.05, 4.69) is 15.6 Å². The number of rotatable bonds is 6. The van der Waals surface area contributed by atoms with E-state index in [1.54, 1.807) is 6.92 Å². The number of carbonyl (C=O) groups excluding carboxylic acids is 2. The molecule has 1 aromatic carbocycles. The lowest BCUT2D eigenvalue weighted by atomic mass is 10.1. The van der Waals surface area contributed by atoms with Crippen LogP contribution in [0.3, 0.4) is 0 Å². The Hall–Kier alpha value is -2.95. The molecule has 7 nitrogen and oxygen atoms in total. The van der Waals surface area contributed by atoms with Crippen molar-refractivity contribution in [1.82, 2.24) is 10.3 Å². The van der Waals surface area contributed by atoms with Crippen LogP contribution in [-0.4, -0.2) is 37.3 Å². The molecule has 1 aromatic heterocycles. The van der Waals surface area contributed by atoms with Gasteiger partial charge in [-0.25, -0.2) is 13.4 Å². The molecule has 2 aromatic rings. The lowest BCUT2D eigenvalue weighted by Crippen LogP contribution is -2.28. The molecule has 0 atom stereocenters. The molecule has 0 unspecified atom stereocenters. The predicted octanol–water partition coefficient (Wildman–Crippen LogP) is 3.32. The fraction of sp³-hybridized carbons (Fsp3) is 0.316. The third kappa shape index (κ3) is 5.15. The molecule has 11 heteroatoms. The maximum Gasteiger partial charge on any atom is 0.503 e. The third-order valence-electron chi connectivity index (χ3n) is 3.98. The van der Waals surface area contributed by atoms with E-state index >= 15 is 0 Å². The number of amides is 2. The van der Waals surface area contributed by atoms with E-state index in [4.69, 9.17) is 0 Å². The highest BCUT2D eigenvalue weighted by Gasteiger charge is 2.49. The number of aryl methyl sites for hydroxylation is 1. The lowest BCUT2D eigenvalue weighted by molar-refractivity contribution is -0.0438. The third-order valence-corrected chi connectivity index (χ3v) is 5.43. The highest BCUT2D eigenvalue weighted by molar-refractivity contribution is 7.92. The number of hydrogen-bond acceptors (Lipinski definition) is 5. The molecule has 0 aliphatic heterocycles. The minimum Gasteiger partial charge on any atom is -0.352 e. The van der Waals surface area contributed by atoms with Gasteiger partial charge >= 0.3 is 5.51 Å². The van der Waals surface area contributed by atoms with Crippen molar-refractivity contribution in [3.63, 3.8) is 0 Å². The Labute approximate surface area is 171 Å². The van der Waals surface area contributed by atoms with Gasteiger partial charge in [0.1, 0.15) is 0 Å². The second-order valence-corrected chi connectivity index (χ2v) is 8.75. The fourth-order valence-electron chi connectivity index (χ4n) is 2.42. The van der Waals surface area contributed by atoms with Gasteiger partial charge in [-0.1, -0.05) is 13.8 Å². The first-order chi connectivity index (χ1) is 13.8. The second kappa shape index (κ2) is 8.82. The number of carbonyl (C=O) groups is 2. The summed E-state index contributed by atoms with van der Waals surface area (Å²) in [5, 5.41) is 3.73. The monoisotopic (exact) mass is 443 g/mol. The molecule has 0 aliphatic rings. The molecular formula is C19H20F3N3O4S. The van der Waals surface area contributed by atoms with Crippen molar-refractivity contribution in [2.45, 2.75) is 31.3 Å². The van der Waals surface area contributed by atoms with E-state index in [0.717, 1.165) is 18.3 Å². The van der Waals surface area contributed by atoms with Crippen LogP contribution in [0.5, 0.6) is 0 Å². The van der Waals surface area contributed by atoms with E-state index in [-0.39, 0.29) is 17.5 Å². The van der Waals surface area contributed by atoms with Crippen molar-refractivity contribution in [3.05, 3.63) is 53.2 Å². The second-order valence-electron chi connectivity index (χ2n) is 6.89. The summed E-state index contributed by atoms with van der Waals surface area (Å²) in [6, 6.07) is 6.44. The summed E-state index contributed by atoms with van der Waals surface area (Å²) in [6.07, 6.45) is 0.852. The first-order valence-electron chi connectivity index (χ1n) is 8.81. The van der Waals surface area contributed by atoms with Crippen LogP contribution < -0.4 is 10.6 Å². The molecule has 162 valence electrons. The Bertz CT molecular complexity index is 1070. The molecular weight excluding hydrogens is 423 g/mol. The average molecular weight is 443 g/mol. The van der Waals surface area contributed by atoms with E-state index < -0.39 is 31.8 Å². The number of halogens is 3. The zero-order valence-corrected chi connectivity index (χ0v) is 17.2. The summed E-state index contributed by atoms with van der Waals surface area (Å²) < 4.78 is 62.1. The van der Waals surface area contributed by atoms with Crippen molar-refractivity contribution in [1.29, 1.82) is 0 Å². The van der Waals surface area contributed by atoms with Gasteiger partial charge in [0.25, 0.3) is 21.7 Å². The molecule has 0 saturated carbocycles. The van der Waals surface area contributed by atoms with Gasteiger partial charge in [0, 0.05) is 24.0 Å². The van der Waals surface area contributed by atoms with Crippen molar-refractivity contribution in [2.75, 3.05) is 11.9 Å². The number of pyridine rings is 1. The van der Waals surface area contributed by atoms with Gasteiger partial charge in [0.15, 0.2) is 5.03 Å². The normalized spacial score (nSPS) is 12.0. The van der Waals surface area contributed by atoms with Gasteiger partial charge in [-0.05, 0) is 48.7 Å². The highest BCUT2D eigenvalue weighted by Crippen LogP contribution is 2.31. The Balaban J connectivity index is 2.29. The molecule has 0 radical (unpaired) electrons. The molecule has 30 heavy (non-hydrogen) atoms. The average Bonchev–Trinajstić information content (AvgIpc) is 2.66. The Morgan fingerprint density at radius 1 is 1.13 bits per heavy atom. The van der Waals surface area contributed by atoms with Crippen molar-refractivity contribution >= 4 is 27.3 Å². The quantitative estimate of drug-likeness (QED) is 0.713. The highest BCUT2D eigenvalue weighted by atomic mass is 32.2. The van der Waals surface area contributed by atoms with Crippen molar-refractivity contribution in [3.8, 4) is 0 Å². The molecule has 2 amide bonds. The Kier molecular flexibility index (Phi) is 6.86. The van der Waals surface area contributed by atoms with E-state index in [9.17, 15) is 31.2 Å². The summed E-state index contributed by atoms with van der Waals surface area (Å²) in [4.78, 5) is 27.9. The van der Waals surface area contributed by atoms with Crippen LogP contribution in [0.2, 0.25) is 0 Å². The van der Waals surface area contributed by atoms with Crippen molar-refractivity contribution in [2.24, 2.45) is 5.92 Å². The first kappa shape index (κ1) is 23.3. The smallest absolute Gasteiger partial charge is 0.352 e. The number of hydrogen-bond donors (Lipinski definition) is 2. The van der Waals surface area contributed by atoms with Gasteiger partial charge in [0.2, 0.25) is 0 Å². The number of nitrogens with one attached hydrogen (secondary N) is 2.